The molecule has 0 atom stereocenters. The maximum atomic E-state index is 13.0. The molecule has 0 spiro atoms. The molecule has 4 nitrogen and oxygen atoms in total. The molecule has 0 aromatic heterocycles. The fourth-order valence-corrected chi connectivity index (χ4v) is 1.89. The molecule has 0 unspecified atom stereocenters. The molecule has 2 amide bonds. The molecule has 0 saturated carbocycles. The van der Waals surface area contributed by atoms with Gasteiger partial charge in [0.25, 0.3) is 0 Å². The Labute approximate surface area is 127 Å². The quantitative estimate of drug-likeness (QED) is 0.893. The Kier molecular flexibility index (Phi) is 4.65. The van der Waals surface area contributed by atoms with E-state index in [-0.39, 0.29) is 5.02 Å². The lowest BCUT2D eigenvalue weighted by Gasteiger charge is -2.13. The molecule has 2 rings (SSSR count). The van der Waals surface area contributed by atoms with Crippen molar-refractivity contribution in [2.24, 2.45) is 0 Å². The van der Waals surface area contributed by atoms with E-state index < -0.39 is 11.8 Å². The zero-order valence-corrected chi connectivity index (χ0v) is 12.4. The molecular formula is C15H15ClFN3O. The van der Waals surface area contributed by atoms with E-state index in [0.717, 1.165) is 5.69 Å². The third-order valence-corrected chi connectivity index (χ3v) is 3.11. The number of halogens is 2. The van der Waals surface area contributed by atoms with Gasteiger partial charge in [-0.1, -0.05) is 11.6 Å². The molecule has 2 aromatic carbocycles. The summed E-state index contributed by atoms with van der Waals surface area (Å²) in [5, 5.41) is 5.23. The van der Waals surface area contributed by atoms with Crippen LogP contribution in [-0.4, -0.2) is 20.1 Å². The highest BCUT2D eigenvalue weighted by molar-refractivity contribution is 6.31. The lowest BCUT2D eigenvalue weighted by molar-refractivity contribution is 0.262. The van der Waals surface area contributed by atoms with Crippen molar-refractivity contribution >= 4 is 34.7 Å². The van der Waals surface area contributed by atoms with Crippen molar-refractivity contribution in [3.05, 3.63) is 53.3 Å². The van der Waals surface area contributed by atoms with Crippen molar-refractivity contribution in [3.63, 3.8) is 0 Å². The van der Waals surface area contributed by atoms with Gasteiger partial charge in [-0.3, -0.25) is 0 Å². The number of anilines is 3. The first-order chi connectivity index (χ1) is 9.95. The van der Waals surface area contributed by atoms with Gasteiger partial charge in [0.05, 0.1) is 5.02 Å². The molecule has 6 heteroatoms. The van der Waals surface area contributed by atoms with E-state index in [1.165, 1.54) is 18.2 Å². The Morgan fingerprint density at radius 2 is 1.62 bits per heavy atom. The van der Waals surface area contributed by atoms with Gasteiger partial charge < -0.3 is 15.5 Å². The highest BCUT2D eigenvalue weighted by Crippen LogP contribution is 2.20. The number of nitrogens with zero attached hydrogens (tertiary/aromatic N) is 1. The van der Waals surface area contributed by atoms with Crippen LogP contribution >= 0.6 is 11.6 Å². The smallest absolute Gasteiger partial charge is 0.323 e. The summed E-state index contributed by atoms with van der Waals surface area (Å²) in [6.07, 6.45) is 0. The number of carbonyl (C=O) groups excluding carboxylic acids is 1. The number of nitrogens with one attached hydrogen (secondary N) is 2. The van der Waals surface area contributed by atoms with Crippen LogP contribution in [-0.2, 0) is 0 Å². The van der Waals surface area contributed by atoms with Gasteiger partial charge in [-0.05, 0) is 42.5 Å². The molecule has 21 heavy (non-hydrogen) atoms. The lowest BCUT2D eigenvalue weighted by Crippen LogP contribution is -2.19. The van der Waals surface area contributed by atoms with E-state index in [1.54, 1.807) is 12.1 Å². The molecule has 0 bridgehead atoms. The minimum atomic E-state index is -0.526. The normalized spacial score (nSPS) is 10.1. The first kappa shape index (κ1) is 15.1. The van der Waals surface area contributed by atoms with Crippen molar-refractivity contribution in [3.8, 4) is 0 Å². The molecular weight excluding hydrogens is 293 g/mol. The molecule has 2 aromatic rings. The Balaban J connectivity index is 1.99. The van der Waals surface area contributed by atoms with Gasteiger partial charge in [0.2, 0.25) is 0 Å². The van der Waals surface area contributed by atoms with Gasteiger partial charge in [0, 0.05) is 31.2 Å². The van der Waals surface area contributed by atoms with Crippen molar-refractivity contribution < 1.29 is 9.18 Å². The van der Waals surface area contributed by atoms with Gasteiger partial charge in [-0.15, -0.1) is 0 Å². The number of hydrogen-bond acceptors (Lipinski definition) is 2. The van der Waals surface area contributed by atoms with Gasteiger partial charge in [0.15, 0.2) is 0 Å². The van der Waals surface area contributed by atoms with Gasteiger partial charge in [-0.2, -0.15) is 0 Å². The molecule has 0 saturated heterocycles. The summed E-state index contributed by atoms with van der Waals surface area (Å²) in [4.78, 5) is 13.8. The van der Waals surface area contributed by atoms with Crippen molar-refractivity contribution in [1.82, 2.24) is 0 Å². The number of carbonyl (C=O) groups is 1. The molecule has 0 heterocycles. The summed E-state index contributed by atoms with van der Waals surface area (Å²) >= 11 is 5.65. The number of amides is 2. The first-order valence-corrected chi connectivity index (χ1v) is 6.64. The summed E-state index contributed by atoms with van der Waals surface area (Å²) in [7, 11) is 3.88. The first-order valence-electron chi connectivity index (χ1n) is 6.26. The van der Waals surface area contributed by atoms with Crippen molar-refractivity contribution in [2.75, 3.05) is 29.6 Å². The van der Waals surface area contributed by atoms with Crippen molar-refractivity contribution in [1.29, 1.82) is 0 Å². The molecule has 0 radical (unpaired) electrons. The van der Waals surface area contributed by atoms with Crippen LogP contribution in [0, 0.1) is 5.82 Å². The van der Waals surface area contributed by atoms with Crippen LogP contribution in [0.4, 0.5) is 26.2 Å². The predicted octanol–water partition coefficient (Wildman–Crippen LogP) is 4.19. The third-order valence-electron chi connectivity index (χ3n) is 2.82. The van der Waals surface area contributed by atoms with Gasteiger partial charge in [0.1, 0.15) is 5.82 Å². The van der Waals surface area contributed by atoms with Crippen LogP contribution < -0.4 is 15.5 Å². The monoisotopic (exact) mass is 307 g/mol. The van der Waals surface area contributed by atoms with E-state index in [1.807, 2.05) is 31.1 Å². The highest BCUT2D eigenvalue weighted by Gasteiger charge is 2.05. The van der Waals surface area contributed by atoms with E-state index in [0.29, 0.717) is 11.4 Å². The minimum Gasteiger partial charge on any atom is -0.378 e. The standard InChI is InChI=1S/C15H15ClFN3O/c1-20(2)12-6-3-10(4-7-12)18-15(21)19-11-5-8-14(17)13(16)9-11/h3-9H,1-2H3,(H2,18,19,21). The number of rotatable bonds is 3. The fourth-order valence-electron chi connectivity index (χ4n) is 1.71. The molecule has 0 aliphatic carbocycles. The summed E-state index contributed by atoms with van der Waals surface area (Å²) in [5.41, 5.74) is 2.11. The largest absolute Gasteiger partial charge is 0.378 e. The Morgan fingerprint density at radius 1 is 1.05 bits per heavy atom. The third kappa shape index (κ3) is 4.10. The van der Waals surface area contributed by atoms with Crippen LogP contribution in [0.3, 0.4) is 0 Å². The second-order valence-corrected chi connectivity index (χ2v) is 5.06. The van der Waals surface area contributed by atoms with Crippen LogP contribution in [0.15, 0.2) is 42.5 Å². The summed E-state index contributed by atoms with van der Waals surface area (Å²) in [6, 6.07) is 11.0. The predicted molar refractivity (Wildman–Crippen MR) is 84.8 cm³/mol. The number of urea groups is 1. The minimum absolute atomic E-state index is 0.0388. The molecule has 0 aliphatic heterocycles. The molecule has 2 N–H and O–H groups in total. The lowest BCUT2D eigenvalue weighted by atomic mass is 10.2. The van der Waals surface area contributed by atoms with Crippen LogP contribution in [0.25, 0.3) is 0 Å². The average Bonchev–Trinajstić information content (AvgIpc) is 2.43. The number of hydrogen-bond donors (Lipinski definition) is 2. The van der Waals surface area contributed by atoms with Crippen LogP contribution in [0.2, 0.25) is 5.02 Å². The Hall–Kier alpha value is -2.27. The topological polar surface area (TPSA) is 44.4 Å². The maximum absolute atomic E-state index is 13.0. The van der Waals surface area contributed by atoms with Crippen molar-refractivity contribution in [2.45, 2.75) is 0 Å². The fraction of sp³-hybridized carbons (Fsp3) is 0.133. The number of benzene rings is 2. The van der Waals surface area contributed by atoms with E-state index in [2.05, 4.69) is 10.6 Å². The highest BCUT2D eigenvalue weighted by atomic mass is 35.5. The summed E-state index contributed by atoms with van der Waals surface area (Å²) in [5.74, 6) is -0.526. The Morgan fingerprint density at radius 3 is 2.19 bits per heavy atom. The second kappa shape index (κ2) is 6.45. The van der Waals surface area contributed by atoms with Gasteiger partial charge >= 0.3 is 6.03 Å². The molecule has 0 fully saturated rings. The molecule has 110 valence electrons. The van der Waals surface area contributed by atoms with Gasteiger partial charge in [-0.25, -0.2) is 9.18 Å². The van der Waals surface area contributed by atoms with E-state index in [4.69, 9.17) is 11.6 Å². The average molecular weight is 308 g/mol. The van der Waals surface area contributed by atoms with E-state index >= 15 is 0 Å². The zero-order valence-electron chi connectivity index (χ0n) is 11.7. The molecule has 0 aliphatic rings. The zero-order chi connectivity index (χ0) is 15.4. The van der Waals surface area contributed by atoms with E-state index in [9.17, 15) is 9.18 Å². The SMILES string of the molecule is CN(C)c1ccc(NC(=O)Nc2ccc(F)c(Cl)c2)cc1. The Bertz CT molecular complexity index is 644. The summed E-state index contributed by atoms with van der Waals surface area (Å²) in [6.45, 7) is 0. The summed E-state index contributed by atoms with van der Waals surface area (Å²) < 4.78 is 13.0. The van der Waals surface area contributed by atoms with Crippen LogP contribution in [0.5, 0.6) is 0 Å². The van der Waals surface area contributed by atoms with Crippen LogP contribution in [0.1, 0.15) is 0 Å². The maximum Gasteiger partial charge on any atom is 0.323 e. The second-order valence-electron chi connectivity index (χ2n) is 4.65.